The Hall–Kier alpha value is -2.67. The highest BCUT2D eigenvalue weighted by molar-refractivity contribution is 5.93. The van der Waals surface area contributed by atoms with Gasteiger partial charge in [0, 0.05) is 25.4 Å². The Kier molecular flexibility index (Phi) is 5.91. The normalized spacial score (nSPS) is 16.6. The summed E-state index contributed by atoms with van der Waals surface area (Å²) in [6.45, 7) is 4.99. The summed E-state index contributed by atoms with van der Waals surface area (Å²) in [6, 6.07) is 9.50. The van der Waals surface area contributed by atoms with E-state index in [4.69, 9.17) is 4.74 Å². The topological polar surface area (TPSA) is 84.4 Å². The van der Waals surface area contributed by atoms with Crippen LogP contribution < -0.4 is 11.2 Å². The van der Waals surface area contributed by atoms with Crippen molar-refractivity contribution in [2.24, 2.45) is 0 Å². The zero-order valence-corrected chi connectivity index (χ0v) is 15.7. The summed E-state index contributed by atoms with van der Waals surface area (Å²) in [5.74, 6) is -0.392. The van der Waals surface area contributed by atoms with E-state index in [-0.39, 0.29) is 24.3 Å². The van der Waals surface area contributed by atoms with Crippen molar-refractivity contribution in [3.63, 3.8) is 0 Å². The summed E-state index contributed by atoms with van der Waals surface area (Å²) >= 11 is 0. The molecule has 1 aromatic carbocycles. The van der Waals surface area contributed by atoms with Crippen LogP contribution in [0.15, 0.2) is 46.1 Å². The van der Waals surface area contributed by atoms with Crippen LogP contribution in [0.4, 0.5) is 0 Å². The number of hydrogen-bond donors (Lipinski definition) is 1. The van der Waals surface area contributed by atoms with Crippen LogP contribution in [0.5, 0.6) is 0 Å². The van der Waals surface area contributed by atoms with Crippen molar-refractivity contribution in [1.29, 1.82) is 0 Å². The van der Waals surface area contributed by atoms with Gasteiger partial charge in [-0.1, -0.05) is 30.3 Å². The molecule has 0 spiro atoms. The number of aromatic amines is 1. The Bertz CT molecular complexity index is 895. The molecule has 1 aliphatic heterocycles. The summed E-state index contributed by atoms with van der Waals surface area (Å²) in [7, 11) is 0. The highest BCUT2D eigenvalue weighted by atomic mass is 16.5. The first-order valence-electron chi connectivity index (χ1n) is 9.26. The Balaban J connectivity index is 1.90. The molecule has 1 amide bonds. The number of H-pyrrole nitrogens is 1. The van der Waals surface area contributed by atoms with Crippen molar-refractivity contribution >= 4 is 5.91 Å². The monoisotopic (exact) mass is 371 g/mol. The number of carbonyl (C=O) groups excluding carboxylic acids is 1. The fourth-order valence-corrected chi connectivity index (χ4v) is 3.25. The van der Waals surface area contributed by atoms with Crippen molar-refractivity contribution in [1.82, 2.24) is 14.5 Å². The molecular formula is C20H25N3O4. The number of rotatable bonds is 6. The van der Waals surface area contributed by atoms with E-state index in [0.717, 1.165) is 23.0 Å². The molecule has 1 atom stereocenters. The minimum atomic E-state index is -0.571. The second-order valence-electron chi connectivity index (χ2n) is 7.07. The minimum absolute atomic E-state index is 0.0303. The smallest absolute Gasteiger partial charge is 0.328 e. The molecule has 0 saturated carbocycles. The van der Waals surface area contributed by atoms with Gasteiger partial charge in [-0.3, -0.25) is 14.2 Å². The van der Waals surface area contributed by atoms with Crippen LogP contribution in [-0.2, 0) is 17.8 Å². The molecule has 1 aromatic heterocycles. The molecule has 0 aliphatic carbocycles. The number of amides is 1. The molecule has 27 heavy (non-hydrogen) atoms. The largest absolute Gasteiger partial charge is 0.376 e. The van der Waals surface area contributed by atoms with Gasteiger partial charge in [0.1, 0.15) is 5.56 Å². The van der Waals surface area contributed by atoms with Gasteiger partial charge in [-0.2, -0.15) is 0 Å². The fourth-order valence-electron chi connectivity index (χ4n) is 3.25. The second-order valence-corrected chi connectivity index (χ2v) is 7.07. The van der Waals surface area contributed by atoms with Crippen molar-refractivity contribution in [3.8, 4) is 0 Å². The number of carbonyl (C=O) groups is 1. The van der Waals surface area contributed by atoms with Gasteiger partial charge in [0.2, 0.25) is 0 Å². The van der Waals surface area contributed by atoms with Gasteiger partial charge < -0.3 is 14.6 Å². The van der Waals surface area contributed by atoms with E-state index in [1.807, 2.05) is 44.2 Å². The molecule has 144 valence electrons. The van der Waals surface area contributed by atoms with Gasteiger partial charge in [0.05, 0.1) is 12.6 Å². The summed E-state index contributed by atoms with van der Waals surface area (Å²) in [5, 5.41) is 0. The van der Waals surface area contributed by atoms with E-state index in [2.05, 4.69) is 4.98 Å². The standard InChI is InChI=1S/C20H25N3O4/c1-14(2)22(12-15-7-4-3-5-8-15)18(24)17-11-21-20(26)23(19(17)25)13-16-9-6-10-27-16/h3-5,7-8,11,14,16H,6,9-10,12-13H2,1-2H3,(H,21,26). The first kappa shape index (κ1) is 19.1. The molecule has 1 saturated heterocycles. The zero-order chi connectivity index (χ0) is 19.4. The number of nitrogens with one attached hydrogen (secondary N) is 1. The average molecular weight is 371 g/mol. The molecule has 2 heterocycles. The average Bonchev–Trinajstić information content (AvgIpc) is 3.16. The fraction of sp³-hybridized carbons (Fsp3) is 0.450. The van der Waals surface area contributed by atoms with Crippen molar-refractivity contribution < 1.29 is 9.53 Å². The van der Waals surface area contributed by atoms with Gasteiger partial charge in [-0.05, 0) is 32.3 Å². The third-order valence-corrected chi connectivity index (χ3v) is 4.78. The molecule has 3 rings (SSSR count). The number of ether oxygens (including phenoxy) is 1. The molecule has 7 nitrogen and oxygen atoms in total. The van der Waals surface area contributed by atoms with E-state index in [1.54, 1.807) is 4.90 Å². The lowest BCUT2D eigenvalue weighted by molar-refractivity contribution is 0.0684. The molecular weight excluding hydrogens is 346 g/mol. The van der Waals surface area contributed by atoms with Crippen molar-refractivity contribution in [2.75, 3.05) is 6.61 Å². The second kappa shape index (κ2) is 8.35. The van der Waals surface area contributed by atoms with Crippen LogP contribution in [0.25, 0.3) is 0 Å². The number of aromatic nitrogens is 2. The lowest BCUT2D eigenvalue weighted by Gasteiger charge is -2.27. The van der Waals surface area contributed by atoms with Crippen molar-refractivity contribution in [3.05, 3.63) is 68.5 Å². The number of nitrogens with zero attached hydrogens (tertiary/aromatic N) is 2. The summed E-state index contributed by atoms with van der Waals surface area (Å²) in [5.41, 5.74) is -0.148. The van der Waals surface area contributed by atoms with E-state index < -0.39 is 17.2 Å². The van der Waals surface area contributed by atoms with Crippen LogP contribution in [0, 0.1) is 0 Å². The van der Waals surface area contributed by atoms with Crippen LogP contribution in [0.3, 0.4) is 0 Å². The number of benzene rings is 1. The van der Waals surface area contributed by atoms with Crippen LogP contribution >= 0.6 is 0 Å². The molecule has 0 bridgehead atoms. The zero-order valence-electron chi connectivity index (χ0n) is 15.7. The maximum absolute atomic E-state index is 13.1. The van der Waals surface area contributed by atoms with E-state index >= 15 is 0 Å². The maximum atomic E-state index is 13.1. The third kappa shape index (κ3) is 4.36. The quantitative estimate of drug-likeness (QED) is 0.839. The minimum Gasteiger partial charge on any atom is -0.376 e. The summed E-state index contributed by atoms with van der Waals surface area (Å²) < 4.78 is 6.60. The van der Waals surface area contributed by atoms with Crippen LogP contribution in [0.1, 0.15) is 42.6 Å². The first-order valence-corrected chi connectivity index (χ1v) is 9.26. The van der Waals surface area contributed by atoms with Crippen molar-refractivity contribution in [2.45, 2.75) is 51.9 Å². The summed E-state index contributed by atoms with van der Waals surface area (Å²) in [6.07, 6.45) is 2.77. The molecule has 2 aromatic rings. The SMILES string of the molecule is CC(C)N(Cc1ccccc1)C(=O)c1c[nH]c(=O)n(CC2CCCO2)c1=O. The van der Waals surface area contributed by atoms with Gasteiger partial charge in [0.25, 0.3) is 11.5 Å². The lowest BCUT2D eigenvalue weighted by Crippen LogP contribution is -2.45. The van der Waals surface area contributed by atoms with Gasteiger partial charge in [-0.25, -0.2) is 4.79 Å². The molecule has 1 aliphatic rings. The molecule has 1 fully saturated rings. The molecule has 1 N–H and O–H groups in total. The van der Waals surface area contributed by atoms with Gasteiger partial charge >= 0.3 is 5.69 Å². The van der Waals surface area contributed by atoms with Gasteiger partial charge in [-0.15, -0.1) is 0 Å². The van der Waals surface area contributed by atoms with E-state index in [1.165, 1.54) is 6.20 Å². The highest BCUT2D eigenvalue weighted by Crippen LogP contribution is 2.13. The number of hydrogen-bond acceptors (Lipinski definition) is 4. The maximum Gasteiger partial charge on any atom is 0.328 e. The Morgan fingerprint density at radius 2 is 2.04 bits per heavy atom. The Labute approximate surface area is 157 Å². The third-order valence-electron chi connectivity index (χ3n) is 4.78. The van der Waals surface area contributed by atoms with Crippen LogP contribution in [-0.4, -0.2) is 39.1 Å². The van der Waals surface area contributed by atoms with E-state index in [0.29, 0.717) is 13.2 Å². The predicted molar refractivity (Wildman–Crippen MR) is 102 cm³/mol. The van der Waals surface area contributed by atoms with Gasteiger partial charge in [0.15, 0.2) is 0 Å². The summed E-state index contributed by atoms with van der Waals surface area (Å²) in [4.78, 5) is 42.2. The molecule has 7 heteroatoms. The van der Waals surface area contributed by atoms with Crippen LogP contribution in [0.2, 0.25) is 0 Å². The lowest BCUT2D eigenvalue weighted by atomic mass is 10.1. The highest BCUT2D eigenvalue weighted by Gasteiger charge is 2.25. The Morgan fingerprint density at radius 1 is 1.30 bits per heavy atom. The molecule has 1 unspecified atom stereocenters. The van der Waals surface area contributed by atoms with E-state index in [9.17, 15) is 14.4 Å². The predicted octanol–water partition coefficient (Wildman–Crippen LogP) is 1.77. The first-order chi connectivity index (χ1) is 13.0. The Morgan fingerprint density at radius 3 is 2.67 bits per heavy atom. The molecule has 0 radical (unpaired) electrons.